The summed E-state index contributed by atoms with van der Waals surface area (Å²) in [7, 11) is 0. The van der Waals surface area contributed by atoms with Crippen LogP contribution in [0.15, 0.2) is 56.8 Å². The second-order valence-corrected chi connectivity index (χ2v) is 8.02. The Kier molecular flexibility index (Phi) is 6.11. The number of hydrogen-bond acceptors (Lipinski definition) is 6. The molecular formula is C25H26O6. The van der Waals surface area contributed by atoms with E-state index in [9.17, 15) is 25.2 Å². The molecule has 0 saturated carbocycles. The Morgan fingerprint density at radius 1 is 0.871 bits per heavy atom. The Morgan fingerprint density at radius 3 is 2.16 bits per heavy atom. The number of fused-ring (bicyclic) bond motifs is 1. The van der Waals surface area contributed by atoms with Crippen molar-refractivity contribution in [1.29, 1.82) is 0 Å². The maximum Gasteiger partial charge on any atom is 0.238 e. The summed E-state index contributed by atoms with van der Waals surface area (Å²) in [5.74, 6) is -1.35. The molecule has 0 atom stereocenters. The van der Waals surface area contributed by atoms with Gasteiger partial charge >= 0.3 is 0 Å². The zero-order valence-electron chi connectivity index (χ0n) is 18.0. The Balaban J connectivity index is 2.30. The fraction of sp³-hybridized carbons (Fsp3) is 0.240. The van der Waals surface area contributed by atoms with Gasteiger partial charge in [-0.1, -0.05) is 23.3 Å². The predicted octanol–water partition coefficient (Wildman–Crippen LogP) is 5.30. The Morgan fingerprint density at radius 2 is 1.52 bits per heavy atom. The van der Waals surface area contributed by atoms with Gasteiger partial charge in [-0.15, -0.1) is 0 Å². The van der Waals surface area contributed by atoms with Crippen molar-refractivity contribution in [2.24, 2.45) is 0 Å². The van der Waals surface area contributed by atoms with Gasteiger partial charge in [0.25, 0.3) is 0 Å². The van der Waals surface area contributed by atoms with Crippen LogP contribution in [0.4, 0.5) is 0 Å². The van der Waals surface area contributed by atoms with Crippen LogP contribution in [-0.4, -0.2) is 20.4 Å². The van der Waals surface area contributed by atoms with E-state index < -0.39 is 16.9 Å². The second-order valence-electron chi connectivity index (χ2n) is 8.02. The molecule has 31 heavy (non-hydrogen) atoms. The van der Waals surface area contributed by atoms with Crippen molar-refractivity contribution in [3.63, 3.8) is 0 Å². The Labute approximate surface area is 180 Å². The minimum atomic E-state index is -0.800. The molecule has 0 fully saturated rings. The smallest absolute Gasteiger partial charge is 0.238 e. The highest BCUT2D eigenvalue weighted by atomic mass is 16.4. The van der Waals surface area contributed by atoms with Crippen LogP contribution in [0.3, 0.4) is 0 Å². The van der Waals surface area contributed by atoms with Crippen LogP contribution in [0.5, 0.6) is 23.0 Å². The van der Waals surface area contributed by atoms with Gasteiger partial charge in [0.05, 0.1) is 0 Å². The van der Waals surface area contributed by atoms with E-state index >= 15 is 0 Å². The van der Waals surface area contributed by atoms with Crippen LogP contribution in [-0.2, 0) is 12.8 Å². The SMILES string of the molecule is CC(C)=CCc1cc(-c2oc3c(CC=C(C)C)c(O)cc(O)c3c(=O)c2O)ccc1O. The molecule has 0 spiro atoms. The first-order chi connectivity index (χ1) is 14.6. The van der Waals surface area contributed by atoms with Gasteiger partial charge in [-0.3, -0.25) is 4.79 Å². The van der Waals surface area contributed by atoms with E-state index in [-0.39, 0.29) is 34.6 Å². The second kappa shape index (κ2) is 8.60. The number of phenolic OH excluding ortho intramolecular Hbond substituents is 3. The summed E-state index contributed by atoms with van der Waals surface area (Å²) in [6, 6.07) is 5.71. The molecule has 4 N–H and O–H groups in total. The number of rotatable bonds is 5. The van der Waals surface area contributed by atoms with Crippen LogP contribution in [0.1, 0.15) is 38.8 Å². The van der Waals surface area contributed by atoms with Gasteiger partial charge in [0.2, 0.25) is 11.2 Å². The molecule has 0 aliphatic heterocycles. The zero-order chi connectivity index (χ0) is 22.9. The van der Waals surface area contributed by atoms with Crippen LogP contribution in [0, 0.1) is 0 Å². The zero-order valence-corrected chi connectivity index (χ0v) is 18.0. The fourth-order valence-electron chi connectivity index (χ4n) is 3.28. The Hall–Kier alpha value is -3.67. The van der Waals surface area contributed by atoms with E-state index in [0.717, 1.165) is 17.2 Å². The van der Waals surface area contributed by atoms with Crippen LogP contribution < -0.4 is 5.43 Å². The summed E-state index contributed by atoms with van der Waals surface area (Å²) in [5.41, 5.74) is 2.62. The molecule has 0 amide bonds. The fourth-order valence-corrected chi connectivity index (χ4v) is 3.28. The number of hydrogen-bond donors (Lipinski definition) is 4. The maximum atomic E-state index is 12.9. The summed E-state index contributed by atoms with van der Waals surface area (Å²) in [4.78, 5) is 12.9. The molecule has 0 aliphatic rings. The van der Waals surface area contributed by atoms with Crippen molar-refractivity contribution in [2.45, 2.75) is 40.5 Å². The average Bonchev–Trinajstić information content (AvgIpc) is 2.69. The maximum absolute atomic E-state index is 12.9. The third-order valence-electron chi connectivity index (χ3n) is 4.99. The van der Waals surface area contributed by atoms with Crippen LogP contribution in [0.2, 0.25) is 0 Å². The number of benzene rings is 2. The Bertz CT molecular complexity index is 1270. The summed E-state index contributed by atoms with van der Waals surface area (Å²) in [6.07, 6.45) is 4.55. The first-order valence-electron chi connectivity index (χ1n) is 9.92. The van der Waals surface area contributed by atoms with Crippen molar-refractivity contribution < 1.29 is 24.8 Å². The summed E-state index contributed by atoms with van der Waals surface area (Å²) < 4.78 is 5.91. The molecule has 2 aromatic carbocycles. The minimum absolute atomic E-state index is 0.00623. The van der Waals surface area contributed by atoms with Gasteiger partial charge in [-0.2, -0.15) is 0 Å². The van der Waals surface area contributed by atoms with Crippen LogP contribution in [0.25, 0.3) is 22.3 Å². The lowest BCUT2D eigenvalue weighted by Crippen LogP contribution is -2.05. The summed E-state index contributed by atoms with van der Waals surface area (Å²) >= 11 is 0. The van der Waals surface area contributed by atoms with E-state index in [1.807, 2.05) is 39.8 Å². The van der Waals surface area contributed by atoms with Crippen molar-refractivity contribution in [2.75, 3.05) is 0 Å². The molecule has 0 radical (unpaired) electrons. The van der Waals surface area contributed by atoms with E-state index in [4.69, 9.17) is 4.42 Å². The van der Waals surface area contributed by atoms with Crippen molar-refractivity contribution in [1.82, 2.24) is 0 Å². The van der Waals surface area contributed by atoms with Crippen LogP contribution >= 0.6 is 0 Å². The molecule has 0 unspecified atom stereocenters. The van der Waals surface area contributed by atoms with E-state index in [1.54, 1.807) is 6.07 Å². The third-order valence-corrected chi connectivity index (χ3v) is 4.99. The molecule has 0 saturated heterocycles. The van der Waals surface area contributed by atoms with E-state index in [1.165, 1.54) is 12.1 Å². The first-order valence-corrected chi connectivity index (χ1v) is 9.92. The van der Waals surface area contributed by atoms with Gasteiger partial charge in [-0.25, -0.2) is 0 Å². The minimum Gasteiger partial charge on any atom is -0.508 e. The third kappa shape index (κ3) is 4.43. The van der Waals surface area contributed by atoms with E-state index in [0.29, 0.717) is 23.1 Å². The highest BCUT2D eigenvalue weighted by Gasteiger charge is 2.22. The van der Waals surface area contributed by atoms with Gasteiger partial charge in [0, 0.05) is 17.2 Å². The molecule has 6 heteroatoms. The summed E-state index contributed by atoms with van der Waals surface area (Å²) in [6.45, 7) is 7.69. The summed E-state index contributed by atoms with van der Waals surface area (Å²) in [5, 5.41) is 41.2. The first kappa shape index (κ1) is 22.0. The number of allylic oxidation sites excluding steroid dienone is 4. The molecule has 0 aliphatic carbocycles. The lowest BCUT2D eigenvalue weighted by Gasteiger charge is -2.12. The number of phenols is 3. The normalized spacial score (nSPS) is 10.8. The average molecular weight is 422 g/mol. The predicted molar refractivity (Wildman–Crippen MR) is 121 cm³/mol. The lowest BCUT2D eigenvalue weighted by molar-refractivity contribution is 0.435. The van der Waals surface area contributed by atoms with Gasteiger partial charge in [0.15, 0.2) is 5.76 Å². The topological polar surface area (TPSA) is 111 Å². The van der Waals surface area contributed by atoms with Gasteiger partial charge in [-0.05, 0) is 64.3 Å². The molecule has 0 bridgehead atoms. The molecular weight excluding hydrogens is 396 g/mol. The largest absolute Gasteiger partial charge is 0.508 e. The van der Waals surface area contributed by atoms with Gasteiger partial charge < -0.3 is 24.8 Å². The molecule has 1 heterocycles. The molecule has 1 aromatic heterocycles. The highest BCUT2D eigenvalue weighted by molar-refractivity contribution is 5.91. The van der Waals surface area contributed by atoms with Crippen molar-refractivity contribution in [3.8, 4) is 34.3 Å². The van der Waals surface area contributed by atoms with E-state index in [2.05, 4.69) is 0 Å². The molecule has 3 aromatic rings. The monoisotopic (exact) mass is 422 g/mol. The number of aromatic hydroxyl groups is 4. The quantitative estimate of drug-likeness (QED) is 0.415. The molecule has 3 rings (SSSR count). The molecule has 6 nitrogen and oxygen atoms in total. The van der Waals surface area contributed by atoms with Gasteiger partial charge in [0.1, 0.15) is 28.2 Å². The highest BCUT2D eigenvalue weighted by Crippen LogP contribution is 2.39. The lowest BCUT2D eigenvalue weighted by atomic mass is 10.0. The van der Waals surface area contributed by atoms with Crippen molar-refractivity contribution >= 4 is 11.0 Å². The molecule has 162 valence electrons. The van der Waals surface area contributed by atoms with Crippen molar-refractivity contribution in [3.05, 3.63) is 68.9 Å². The standard InChI is InChI=1S/C25H26O6/c1-13(2)5-7-15-11-16(8-10-18(15)26)24-23(30)22(29)21-20(28)12-19(27)17(25(21)31-24)9-6-14(3)4/h5-6,8,10-12,26-28,30H,7,9H2,1-4H3.